The van der Waals surface area contributed by atoms with Gasteiger partial charge in [-0.2, -0.15) is 0 Å². The quantitative estimate of drug-likeness (QED) is 0.678. The van der Waals surface area contributed by atoms with Crippen LogP contribution in [-0.2, 0) is 0 Å². The minimum Gasteiger partial charge on any atom is -0.357 e. The van der Waals surface area contributed by atoms with Gasteiger partial charge in [0.25, 0.3) is 5.91 Å². The van der Waals surface area contributed by atoms with Crippen LogP contribution < -0.4 is 5.32 Å². The van der Waals surface area contributed by atoms with E-state index in [1.807, 2.05) is 6.07 Å². The third kappa shape index (κ3) is 5.04. The summed E-state index contributed by atoms with van der Waals surface area (Å²) in [5.41, 5.74) is 0.633. The summed E-state index contributed by atoms with van der Waals surface area (Å²) >= 11 is 0. The van der Waals surface area contributed by atoms with E-state index in [1.165, 1.54) is 0 Å². The number of aromatic nitrogens is 1. The summed E-state index contributed by atoms with van der Waals surface area (Å²) in [5, 5.41) is 2.91. The monoisotopic (exact) mass is 237 g/mol. The summed E-state index contributed by atoms with van der Waals surface area (Å²) in [5.74, 6) is -0.0159. The summed E-state index contributed by atoms with van der Waals surface area (Å²) < 4.78 is 0. The van der Waals surface area contributed by atoms with Crippen LogP contribution in [0, 0.1) is 0 Å². The fourth-order valence-electron chi connectivity index (χ4n) is 1.77. The Kier molecular flexibility index (Phi) is 6.40. The topological polar surface area (TPSA) is 48.1 Å². The fraction of sp³-hybridized carbons (Fsp3) is 0.615. The summed E-state index contributed by atoms with van der Waals surface area (Å²) in [6.45, 7) is 8.42. The molecule has 0 aliphatic carbocycles. The first-order valence-corrected chi connectivity index (χ1v) is 6.41. The standard InChI is InChI=1S/C13H23N3O/c1-3-16(4-2)11-6-5-9-15-13(17)12-8-7-10-14-12/h7-8,10,14H,3-6,9,11H2,1-2H3,(H,15,17). The number of rotatable bonds is 8. The first kappa shape index (κ1) is 13.8. The van der Waals surface area contributed by atoms with Gasteiger partial charge in [-0.15, -0.1) is 0 Å². The Bertz CT molecular complexity index is 304. The number of amides is 1. The van der Waals surface area contributed by atoms with Crippen LogP contribution in [0.25, 0.3) is 0 Å². The highest BCUT2D eigenvalue weighted by atomic mass is 16.1. The van der Waals surface area contributed by atoms with Crippen LogP contribution in [0.3, 0.4) is 0 Å². The molecule has 17 heavy (non-hydrogen) atoms. The van der Waals surface area contributed by atoms with Crippen molar-refractivity contribution in [1.82, 2.24) is 15.2 Å². The van der Waals surface area contributed by atoms with Gasteiger partial charge in [-0.1, -0.05) is 13.8 Å². The second kappa shape index (κ2) is 7.90. The van der Waals surface area contributed by atoms with Crippen molar-refractivity contribution < 1.29 is 4.79 Å². The van der Waals surface area contributed by atoms with Crippen LogP contribution >= 0.6 is 0 Å². The lowest BCUT2D eigenvalue weighted by molar-refractivity contribution is 0.0948. The molecule has 96 valence electrons. The van der Waals surface area contributed by atoms with Crippen LogP contribution in [0.5, 0.6) is 0 Å². The molecular weight excluding hydrogens is 214 g/mol. The third-order valence-corrected chi connectivity index (χ3v) is 2.92. The van der Waals surface area contributed by atoms with E-state index in [2.05, 4.69) is 29.0 Å². The predicted octanol–water partition coefficient (Wildman–Crippen LogP) is 1.87. The number of aromatic amines is 1. The smallest absolute Gasteiger partial charge is 0.267 e. The molecule has 0 aliphatic rings. The number of nitrogens with one attached hydrogen (secondary N) is 2. The lowest BCUT2D eigenvalue weighted by Crippen LogP contribution is -2.27. The molecule has 0 radical (unpaired) electrons. The van der Waals surface area contributed by atoms with Gasteiger partial charge in [0.05, 0.1) is 0 Å². The van der Waals surface area contributed by atoms with Crippen molar-refractivity contribution >= 4 is 5.91 Å². The highest BCUT2D eigenvalue weighted by molar-refractivity contribution is 5.92. The van der Waals surface area contributed by atoms with Crippen molar-refractivity contribution in [2.75, 3.05) is 26.2 Å². The maximum Gasteiger partial charge on any atom is 0.267 e. The Balaban J connectivity index is 2.06. The molecule has 1 rings (SSSR count). The van der Waals surface area contributed by atoms with Gasteiger partial charge >= 0.3 is 0 Å². The van der Waals surface area contributed by atoms with Crippen molar-refractivity contribution in [3.63, 3.8) is 0 Å². The molecule has 0 unspecified atom stereocenters. The van der Waals surface area contributed by atoms with Crippen molar-refractivity contribution in [1.29, 1.82) is 0 Å². The van der Waals surface area contributed by atoms with Gasteiger partial charge in [-0.25, -0.2) is 0 Å². The molecule has 0 bridgehead atoms. The predicted molar refractivity (Wildman–Crippen MR) is 70.1 cm³/mol. The number of hydrogen-bond donors (Lipinski definition) is 2. The van der Waals surface area contributed by atoms with E-state index in [4.69, 9.17) is 0 Å². The van der Waals surface area contributed by atoms with E-state index < -0.39 is 0 Å². The third-order valence-electron chi connectivity index (χ3n) is 2.92. The Morgan fingerprint density at radius 3 is 2.71 bits per heavy atom. The molecule has 1 aromatic rings. The summed E-state index contributed by atoms with van der Waals surface area (Å²) in [6, 6.07) is 3.61. The zero-order chi connectivity index (χ0) is 12.5. The SMILES string of the molecule is CCN(CC)CCCCNC(=O)c1ccc[nH]1. The molecule has 0 saturated carbocycles. The molecule has 0 aromatic carbocycles. The zero-order valence-corrected chi connectivity index (χ0v) is 10.8. The minimum atomic E-state index is -0.0159. The number of hydrogen-bond acceptors (Lipinski definition) is 2. The second-order valence-corrected chi connectivity index (χ2v) is 4.07. The van der Waals surface area contributed by atoms with E-state index >= 15 is 0 Å². The van der Waals surface area contributed by atoms with E-state index in [1.54, 1.807) is 12.3 Å². The number of unbranched alkanes of at least 4 members (excludes halogenated alkanes) is 1. The van der Waals surface area contributed by atoms with Gasteiger partial charge in [-0.05, 0) is 44.6 Å². The van der Waals surface area contributed by atoms with Crippen LogP contribution in [0.4, 0.5) is 0 Å². The molecule has 4 nitrogen and oxygen atoms in total. The van der Waals surface area contributed by atoms with Crippen molar-refractivity contribution in [3.8, 4) is 0 Å². The Morgan fingerprint density at radius 1 is 1.35 bits per heavy atom. The molecular formula is C13H23N3O. The summed E-state index contributed by atoms with van der Waals surface area (Å²) in [7, 11) is 0. The van der Waals surface area contributed by atoms with Gasteiger partial charge < -0.3 is 15.2 Å². The molecule has 0 spiro atoms. The van der Waals surface area contributed by atoms with Gasteiger partial charge in [0.2, 0.25) is 0 Å². The van der Waals surface area contributed by atoms with E-state index in [0.717, 1.165) is 39.0 Å². The Hall–Kier alpha value is -1.29. The number of carbonyl (C=O) groups is 1. The molecule has 0 saturated heterocycles. The van der Waals surface area contributed by atoms with Gasteiger partial charge in [0.15, 0.2) is 0 Å². The maximum atomic E-state index is 11.6. The van der Waals surface area contributed by atoms with E-state index in [0.29, 0.717) is 5.69 Å². The lowest BCUT2D eigenvalue weighted by atomic mass is 10.3. The molecule has 0 aliphatic heterocycles. The average molecular weight is 237 g/mol. The fourth-order valence-corrected chi connectivity index (χ4v) is 1.77. The van der Waals surface area contributed by atoms with Crippen LogP contribution in [0.1, 0.15) is 37.2 Å². The Morgan fingerprint density at radius 2 is 2.12 bits per heavy atom. The maximum absolute atomic E-state index is 11.6. The number of nitrogens with zero attached hydrogens (tertiary/aromatic N) is 1. The first-order valence-electron chi connectivity index (χ1n) is 6.41. The van der Waals surface area contributed by atoms with Crippen molar-refractivity contribution in [3.05, 3.63) is 24.0 Å². The van der Waals surface area contributed by atoms with Crippen molar-refractivity contribution in [2.24, 2.45) is 0 Å². The summed E-state index contributed by atoms with van der Waals surface area (Å²) in [4.78, 5) is 16.9. The number of H-pyrrole nitrogens is 1. The van der Waals surface area contributed by atoms with Crippen LogP contribution in [0.15, 0.2) is 18.3 Å². The minimum absolute atomic E-state index is 0.0159. The normalized spacial score (nSPS) is 10.8. The zero-order valence-electron chi connectivity index (χ0n) is 10.8. The molecule has 2 N–H and O–H groups in total. The lowest BCUT2D eigenvalue weighted by Gasteiger charge is -2.17. The van der Waals surface area contributed by atoms with E-state index in [-0.39, 0.29) is 5.91 Å². The van der Waals surface area contributed by atoms with E-state index in [9.17, 15) is 4.79 Å². The highest BCUT2D eigenvalue weighted by Crippen LogP contribution is 1.96. The van der Waals surface area contributed by atoms with Crippen LogP contribution in [0.2, 0.25) is 0 Å². The highest BCUT2D eigenvalue weighted by Gasteiger charge is 2.04. The molecule has 0 fully saturated rings. The average Bonchev–Trinajstić information content (AvgIpc) is 2.87. The second-order valence-electron chi connectivity index (χ2n) is 4.07. The molecule has 0 atom stereocenters. The molecule has 4 heteroatoms. The molecule has 1 heterocycles. The first-order chi connectivity index (χ1) is 8.27. The molecule has 1 amide bonds. The van der Waals surface area contributed by atoms with Gasteiger partial charge in [0, 0.05) is 12.7 Å². The number of carbonyl (C=O) groups excluding carboxylic acids is 1. The molecule has 1 aromatic heterocycles. The summed E-state index contributed by atoms with van der Waals surface area (Å²) in [6.07, 6.45) is 3.92. The van der Waals surface area contributed by atoms with Crippen LogP contribution in [-0.4, -0.2) is 42.0 Å². The Labute approximate surface area is 103 Å². The van der Waals surface area contributed by atoms with Crippen molar-refractivity contribution in [2.45, 2.75) is 26.7 Å². The largest absolute Gasteiger partial charge is 0.357 e. The van der Waals surface area contributed by atoms with Gasteiger partial charge in [0.1, 0.15) is 5.69 Å². The van der Waals surface area contributed by atoms with Gasteiger partial charge in [-0.3, -0.25) is 4.79 Å².